The molecule has 2 aromatic carbocycles. The number of benzene rings is 2. The van der Waals surface area contributed by atoms with Gasteiger partial charge in [-0.1, -0.05) is 45.0 Å². The van der Waals surface area contributed by atoms with Crippen molar-refractivity contribution in [3.63, 3.8) is 0 Å². The van der Waals surface area contributed by atoms with Gasteiger partial charge in [0.05, 0.1) is 21.5 Å². The molecule has 2 aromatic heterocycles. The van der Waals surface area contributed by atoms with Crippen molar-refractivity contribution in [2.24, 2.45) is 0 Å². The van der Waals surface area contributed by atoms with Gasteiger partial charge in [0.2, 0.25) is 0 Å². The van der Waals surface area contributed by atoms with Crippen LogP contribution in [-0.4, -0.2) is 28.5 Å². The molecule has 4 aromatic rings. The molecule has 0 aliphatic carbocycles. The minimum absolute atomic E-state index is 0.0733. The number of fused-ring (bicyclic) bond motifs is 1. The molecule has 0 aliphatic rings. The van der Waals surface area contributed by atoms with Crippen molar-refractivity contribution in [3.8, 4) is 0 Å². The van der Waals surface area contributed by atoms with E-state index in [1.807, 2.05) is 26.8 Å². The van der Waals surface area contributed by atoms with E-state index in [0.717, 1.165) is 18.6 Å². The fourth-order valence-corrected chi connectivity index (χ4v) is 5.87. The molecule has 0 saturated carbocycles. The topological polar surface area (TPSA) is 89.3 Å². The Morgan fingerprint density at radius 3 is 2.22 bits per heavy atom. The van der Waals surface area contributed by atoms with E-state index in [9.17, 15) is 27.1 Å². The number of hydrogen-bond donors (Lipinski definition) is 1. The molecule has 4 rings (SSSR count). The fraction of sp³-hybridized carbons (Fsp3) is 0.286. The second kappa shape index (κ2) is 9.06. The van der Waals surface area contributed by atoms with Crippen LogP contribution in [0.15, 0.2) is 65.6 Å². The Bertz CT molecular complexity index is 1610. The van der Waals surface area contributed by atoms with Crippen LogP contribution in [0.5, 0.6) is 0 Å². The Morgan fingerprint density at radius 1 is 1.00 bits per heavy atom. The van der Waals surface area contributed by atoms with E-state index in [0.29, 0.717) is 16.8 Å². The molecule has 0 fully saturated rings. The number of nitrogens with zero attached hydrogens (tertiary/aromatic N) is 2. The van der Waals surface area contributed by atoms with Crippen LogP contribution in [0.3, 0.4) is 0 Å². The molecule has 0 radical (unpaired) electrons. The zero-order chi connectivity index (χ0) is 27.3. The second-order valence-electron chi connectivity index (χ2n) is 10.3. The van der Waals surface area contributed by atoms with Crippen LogP contribution in [0.1, 0.15) is 66.1 Å². The van der Waals surface area contributed by atoms with Crippen LogP contribution < -0.4 is 0 Å². The fourth-order valence-electron chi connectivity index (χ4n) is 4.24. The number of aryl methyl sites for hydroxylation is 1. The van der Waals surface area contributed by atoms with Gasteiger partial charge in [0, 0.05) is 19.0 Å². The third-order valence-corrected chi connectivity index (χ3v) is 8.13. The predicted octanol–water partition coefficient (Wildman–Crippen LogP) is 6.28. The Morgan fingerprint density at radius 2 is 1.65 bits per heavy atom. The summed E-state index contributed by atoms with van der Waals surface area (Å²) >= 11 is 0. The van der Waals surface area contributed by atoms with Crippen molar-refractivity contribution in [1.82, 2.24) is 8.96 Å². The zero-order valence-electron chi connectivity index (χ0n) is 21.2. The summed E-state index contributed by atoms with van der Waals surface area (Å²) in [6, 6.07) is 15.3. The number of pyridine rings is 1. The third-order valence-electron chi connectivity index (χ3n) is 6.39. The molecule has 6 nitrogen and oxygen atoms in total. The first kappa shape index (κ1) is 26.5. The maximum atomic E-state index is 14.1. The van der Waals surface area contributed by atoms with Crippen LogP contribution in [0.25, 0.3) is 11.0 Å². The first-order valence-electron chi connectivity index (χ1n) is 11.7. The molecule has 0 aliphatic heterocycles. The molecule has 0 bridgehead atoms. The Labute approximate surface area is 214 Å². The molecule has 9 heteroatoms. The predicted molar refractivity (Wildman–Crippen MR) is 138 cm³/mol. The van der Waals surface area contributed by atoms with Gasteiger partial charge in [-0.3, -0.25) is 0 Å². The van der Waals surface area contributed by atoms with Crippen molar-refractivity contribution in [1.29, 1.82) is 0 Å². The minimum atomic E-state index is -4.15. The number of alkyl halides is 2. The van der Waals surface area contributed by atoms with Gasteiger partial charge in [-0.2, -0.15) is 8.78 Å². The van der Waals surface area contributed by atoms with E-state index >= 15 is 0 Å². The molecular formula is C28H28F2N2O4S. The summed E-state index contributed by atoms with van der Waals surface area (Å²) in [6.07, 6.45) is 0.123. The molecule has 0 saturated heterocycles. The number of halogens is 2. The van der Waals surface area contributed by atoms with Crippen LogP contribution in [0, 0.1) is 6.92 Å². The Kier molecular flexibility index (Phi) is 6.48. The van der Waals surface area contributed by atoms with Crippen molar-refractivity contribution in [2.75, 3.05) is 0 Å². The van der Waals surface area contributed by atoms with Crippen LogP contribution in [-0.2, 0) is 27.8 Å². The standard InChI is InChI=1S/C28H28F2N2O4S/c1-17-23(15-18-9-11-19(12-10-18)26(33)34)32(22-13-14-24(28(5,29)30)31-25(17)22)37(35,36)21-8-6-7-20(16-21)27(2,3)4/h6-14,16H,15H2,1-5H3,(H,33,34). The van der Waals surface area contributed by atoms with Gasteiger partial charge in [-0.15, -0.1) is 0 Å². The number of rotatable bonds is 6. The lowest BCUT2D eigenvalue weighted by Gasteiger charge is -2.20. The molecule has 0 spiro atoms. The maximum Gasteiger partial charge on any atom is 0.335 e. The van der Waals surface area contributed by atoms with Gasteiger partial charge in [0.1, 0.15) is 5.69 Å². The first-order chi connectivity index (χ1) is 17.1. The van der Waals surface area contributed by atoms with Crippen LogP contribution in [0.4, 0.5) is 8.78 Å². The van der Waals surface area contributed by atoms with Gasteiger partial charge >= 0.3 is 5.97 Å². The number of aromatic nitrogens is 2. The van der Waals surface area contributed by atoms with Gasteiger partial charge in [-0.05, 0) is 65.4 Å². The molecule has 37 heavy (non-hydrogen) atoms. The number of carboxylic acids is 1. The van der Waals surface area contributed by atoms with Gasteiger partial charge < -0.3 is 5.11 Å². The summed E-state index contributed by atoms with van der Waals surface area (Å²) in [5, 5.41) is 9.20. The average molecular weight is 527 g/mol. The molecule has 0 atom stereocenters. The van der Waals surface area contributed by atoms with Gasteiger partial charge in [-0.25, -0.2) is 22.2 Å². The molecule has 1 N–H and O–H groups in total. The van der Waals surface area contributed by atoms with E-state index in [1.165, 1.54) is 28.2 Å². The number of aromatic carboxylic acids is 1. The normalized spacial score (nSPS) is 12.7. The lowest BCUT2D eigenvalue weighted by Crippen LogP contribution is -2.18. The largest absolute Gasteiger partial charge is 0.478 e. The smallest absolute Gasteiger partial charge is 0.335 e. The summed E-state index contributed by atoms with van der Waals surface area (Å²) in [4.78, 5) is 15.5. The zero-order valence-corrected chi connectivity index (χ0v) is 22.0. The molecule has 0 unspecified atom stereocenters. The molecule has 2 heterocycles. The summed E-state index contributed by atoms with van der Waals surface area (Å²) in [5.41, 5.74) is 2.04. The lowest BCUT2D eigenvalue weighted by molar-refractivity contribution is 0.0131. The summed E-state index contributed by atoms with van der Waals surface area (Å²) in [7, 11) is -4.15. The highest BCUT2D eigenvalue weighted by Gasteiger charge is 2.31. The number of hydrogen-bond acceptors (Lipinski definition) is 4. The van der Waals surface area contributed by atoms with Gasteiger partial charge in [0.25, 0.3) is 15.9 Å². The second-order valence-corrected chi connectivity index (χ2v) is 12.0. The average Bonchev–Trinajstić information content (AvgIpc) is 3.10. The Hall–Kier alpha value is -3.59. The van der Waals surface area contributed by atoms with Crippen molar-refractivity contribution < 1.29 is 27.1 Å². The SMILES string of the molecule is Cc1c(Cc2ccc(C(=O)O)cc2)n(S(=O)(=O)c2cccc(C(C)(C)C)c2)c2ccc(C(C)(F)F)nc12. The van der Waals surface area contributed by atoms with E-state index in [1.54, 1.807) is 31.2 Å². The van der Waals surface area contributed by atoms with Crippen molar-refractivity contribution in [3.05, 3.63) is 94.3 Å². The number of carbonyl (C=O) groups is 1. The minimum Gasteiger partial charge on any atom is -0.478 e. The molecule has 0 amide bonds. The summed E-state index contributed by atoms with van der Waals surface area (Å²) < 4.78 is 57.5. The van der Waals surface area contributed by atoms with Crippen LogP contribution >= 0.6 is 0 Å². The van der Waals surface area contributed by atoms with Crippen molar-refractivity contribution >= 4 is 27.0 Å². The molecular weight excluding hydrogens is 498 g/mol. The number of carboxylic acid groups (broad SMARTS) is 1. The van der Waals surface area contributed by atoms with E-state index in [4.69, 9.17) is 0 Å². The lowest BCUT2D eigenvalue weighted by atomic mass is 9.87. The molecule has 194 valence electrons. The highest BCUT2D eigenvalue weighted by atomic mass is 32.2. The van der Waals surface area contributed by atoms with Crippen molar-refractivity contribution in [2.45, 2.75) is 57.3 Å². The summed E-state index contributed by atoms with van der Waals surface area (Å²) in [5.74, 6) is -4.27. The van der Waals surface area contributed by atoms with E-state index in [2.05, 4.69) is 4.98 Å². The van der Waals surface area contributed by atoms with E-state index < -0.39 is 27.6 Å². The quantitative estimate of drug-likeness (QED) is 0.319. The van der Waals surface area contributed by atoms with Gasteiger partial charge in [0.15, 0.2) is 0 Å². The highest BCUT2D eigenvalue weighted by Crippen LogP contribution is 2.34. The van der Waals surface area contributed by atoms with Crippen LogP contribution in [0.2, 0.25) is 0 Å². The maximum absolute atomic E-state index is 14.1. The third kappa shape index (κ3) is 5.00. The van der Waals surface area contributed by atoms with E-state index in [-0.39, 0.29) is 33.3 Å². The first-order valence-corrected chi connectivity index (χ1v) is 13.1. The monoisotopic (exact) mass is 526 g/mol. The highest BCUT2D eigenvalue weighted by molar-refractivity contribution is 7.90. The Balaban J connectivity index is 1.97. The summed E-state index contributed by atoms with van der Waals surface area (Å²) in [6.45, 7) is 8.35.